The summed E-state index contributed by atoms with van der Waals surface area (Å²) in [5, 5.41) is 9.61. The van der Waals surface area contributed by atoms with E-state index in [4.69, 9.17) is 0 Å². The Bertz CT molecular complexity index is 752. The average molecular weight is 291 g/mol. The Hall–Kier alpha value is -2.01. The highest BCUT2D eigenvalue weighted by Crippen LogP contribution is 2.27. The molecule has 2 N–H and O–H groups in total. The molecule has 0 unspecified atom stereocenters. The van der Waals surface area contributed by atoms with Crippen LogP contribution in [0.4, 0.5) is 5.69 Å². The van der Waals surface area contributed by atoms with Gasteiger partial charge in [0.05, 0.1) is 10.6 Å². The molecule has 0 atom stereocenters. The fraction of sp³-hybridized carbons (Fsp3) is 0.200. The van der Waals surface area contributed by atoms with Gasteiger partial charge in [0, 0.05) is 0 Å². The summed E-state index contributed by atoms with van der Waals surface area (Å²) in [5.41, 5.74) is 2.46. The average Bonchev–Trinajstić information content (AvgIpc) is 2.36. The molecule has 0 amide bonds. The second-order valence-corrected chi connectivity index (χ2v) is 6.48. The Balaban J connectivity index is 2.44. The van der Waals surface area contributed by atoms with Crippen LogP contribution in [-0.4, -0.2) is 13.5 Å². The number of aryl methyl sites for hydroxylation is 3. The van der Waals surface area contributed by atoms with Crippen molar-refractivity contribution < 1.29 is 13.5 Å². The maximum atomic E-state index is 12.4. The van der Waals surface area contributed by atoms with Crippen molar-refractivity contribution in [1.29, 1.82) is 0 Å². The number of benzene rings is 2. The first kappa shape index (κ1) is 14.4. The lowest BCUT2D eigenvalue weighted by atomic mass is 10.1. The zero-order valence-electron chi connectivity index (χ0n) is 11.6. The Labute approximate surface area is 119 Å². The van der Waals surface area contributed by atoms with Crippen molar-refractivity contribution in [2.45, 2.75) is 25.7 Å². The molecule has 106 valence electrons. The van der Waals surface area contributed by atoms with Gasteiger partial charge in [0.1, 0.15) is 5.75 Å². The van der Waals surface area contributed by atoms with E-state index in [9.17, 15) is 13.5 Å². The van der Waals surface area contributed by atoms with Gasteiger partial charge in [-0.25, -0.2) is 8.42 Å². The van der Waals surface area contributed by atoms with E-state index in [2.05, 4.69) is 4.72 Å². The molecule has 2 rings (SSSR count). The summed E-state index contributed by atoms with van der Waals surface area (Å²) in [7, 11) is -3.63. The van der Waals surface area contributed by atoms with E-state index >= 15 is 0 Å². The van der Waals surface area contributed by atoms with Gasteiger partial charge >= 0.3 is 0 Å². The molecule has 0 heterocycles. The first-order chi connectivity index (χ1) is 9.31. The van der Waals surface area contributed by atoms with Crippen LogP contribution in [0.1, 0.15) is 16.7 Å². The predicted molar refractivity (Wildman–Crippen MR) is 79.6 cm³/mol. The van der Waals surface area contributed by atoms with Gasteiger partial charge in [0.2, 0.25) is 0 Å². The molecule has 0 radical (unpaired) electrons. The van der Waals surface area contributed by atoms with E-state index in [1.165, 1.54) is 0 Å². The molecule has 0 aromatic heterocycles. The molecule has 2 aromatic rings. The number of hydrogen-bond donors (Lipinski definition) is 2. The Kier molecular flexibility index (Phi) is 3.72. The first-order valence-electron chi connectivity index (χ1n) is 6.20. The highest BCUT2D eigenvalue weighted by molar-refractivity contribution is 7.92. The summed E-state index contributed by atoms with van der Waals surface area (Å²) >= 11 is 0. The van der Waals surface area contributed by atoms with Crippen molar-refractivity contribution in [2.75, 3.05) is 4.72 Å². The lowest BCUT2D eigenvalue weighted by Crippen LogP contribution is -2.15. The van der Waals surface area contributed by atoms with Crippen LogP contribution in [0.3, 0.4) is 0 Å². The van der Waals surface area contributed by atoms with Gasteiger partial charge in [-0.2, -0.15) is 0 Å². The van der Waals surface area contributed by atoms with Gasteiger partial charge in [0.15, 0.2) is 0 Å². The molecule has 0 aliphatic rings. The number of phenolic OH excluding ortho intramolecular Hbond substituents is 1. The van der Waals surface area contributed by atoms with Gasteiger partial charge in [-0.05, 0) is 55.7 Å². The largest absolute Gasteiger partial charge is 0.508 e. The molecule has 0 aliphatic heterocycles. The minimum atomic E-state index is -3.63. The standard InChI is InChI=1S/C15H17NO3S/c1-10-6-4-5-7-15(10)20(18,19)16-13-8-12(3)14(17)9-11(13)2/h4-9,16-17H,1-3H3. The summed E-state index contributed by atoms with van der Waals surface area (Å²) in [6.45, 7) is 5.22. The van der Waals surface area contributed by atoms with E-state index in [1.807, 2.05) is 0 Å². The highest BCUT2D eigenvalue weighted by atomic mass is 32.2. The monoisotopic (exact) mass is 291 g/mol. The maximum Gasteiger partial charge on any atom is 0.262 e. The second-order valence-electron chi connectivity index (χ2n) is 4.82. The fourth-order valence-corrected chi connectivity index (χ4v) is 3.34. The van der Waals surface area contributed by atoms with Crippen LogP contribution in [0, 0.1) is 20.8 Å². The number of phenols is 1. The first-order valence-corrected chi connectivity index (χ1v) is 7.68. The van der Waals surface area contributed by atoms with E-state index in [-0.39, 0.29) is 10.6 Å². The van der Waals surface area contributed by atoms with Gasteiger partial charge in [0.25, 0.3) is 10.0 Å². The number of aromatic hydroxyl groups is 1. The molecule has 20 heavy (non-hydrogen) atoms. The predicted octanol–water partition coefficient (Wildman–Crippen LogP) is 3.12. The van der Waals surface area contributed by atoms with Crippen LogP contribution in [0.15, 0.2) is 41.3 Å². The van der Waals surface area contributed by atoms with Crippen LogP contribution in [0.25, 0.3) is 0 Å². The summed E-state index contributed by atoms with van der Waals surface area (Å²) in [5.74, 6) is 0.154. The van der Waals surface area contributed by atoms with Crippen LogP contribution >= 0.6 is 0 Å². The van der Waals surface area contributed by atoms with Crippen molar-refractivity contribution in [3.8, 4) is 5.75 Å². The number of hydrogen-bond acceptors (Lipinski definition) is 3. The Morgan fingerprint density at radius 1 is 0.950 bits per heavy atom. The van der Waals surface area contributed by atoms with Crippen LogP contribution in [-0.2, 0) is 10.0 Å². The zero-order valence-corrected chi connectivity index (χ0v) is 12.5. The van der Waals surface area contributed by atoms with E-state index in [1.54, 1.807) is 57.2 Å². The van der Waals surface area contributed by atoms with Crippen LogP contribution in [0.2, 0.25) is 0 Å². The quantitative estimate of drug-likeness (QED) is 0.854. The van der Waals surface area contributed by atoms with Crippen molar-refractivity contribution in [1.82, 2.24) is 0 Å². The summed E-state index contributed by atoms with van der Waals surface area (Å²) < 4.78 is 27.4. The minimum absolute atomic E-state index is 0.154. The molecule has 0 aliphatic carbocycles. The number of sulfonamides is 1. The lowest BCUT2D eigenvalue weighted by molar-refractivity contribution is 0.471. The summed E-state index contributed by atoms with van der Waals surface area (Å²) in [4.78, 5) is 0.255. The van der Waals surface area contributed by atoms with Gasteiger partial charge < -0.3 is 5.11 Å². The van der Waals surface area contributed by atoms with Crippen molar-refractivity contribution >= 4 is 15.7 Å². The molecule has 2 aromatic carbocycles. The molecular formula is C15H17NO3S. The van der Waals surface area contributed by atoms with Gasteiger partial charge in [-0.3, -0.25) is 4.72 Å². The smallest absolute Gasteiger partial charge is 0.262 e. The van der Waals surface area contributed by atoms with Crippen molar-refractivity contribution in [3.63, 3.8) is 0 Å². The maximum absolute atomic E-state index is 12.4. The van der Waals surface area contributed by atoms with E-state index in [0.29, 0.717) is 22.4 Å². The van der Waals surface area contributed by atoms with Crippen molar-refractivity contribution in [3.05, 3.63) is 53.1 Å². The topological polar surface area (TPSA) is 66.4 Å². The molecule has 0 fully saturated rings. The van der Waals surface area contributed by atoms with Crippen LogP contribution in [0.5, 0.6) is 5.75 Å². The Morgan fingerprint density at radius 2 is 1.60 bits per heavy atom. The minimum Gasteiger partial charge on any atom is -0.508 e. The van der Waals surface area contributed by atoms with Crippen molar-refractivity contribution in [2.24, 2.45) is 0 Å². The SMILES string of the molecule is Cc1cc(NS(=O)(=O)c2ccccc2C)c(C)cc1O. The third-order valence-corrected chi connectivity index (χ3v) is 4.70. The number of anilines is 1. The Morgan fingerprint density at radius 3 is 2.25 bits per heavy atom. The number of rotatable bonds is 3. The molecular weight excluding hydrogens is 274 g/mol. The number of nitrogens with one attached hydrogen (secondary N) is 1. The van der Waals surface area contributed by atoms with Crippen LogP contribution < -0.4 is 4.72 Å². The molecule has 0 saturated heterocycles. The normalized spacial score (nSPS) is 11.3. The molecule has 0 bridgehead atoms. The third kappa shape index (κ3) is 2.77. The highest BCUT2D eigenvalue weighted by Gasteiger charge is 2.17. The second kappa shape index (κ2) is 5.17. The van der Waals surface area contributed by atoms with E-state index < -0.39 is 10.0 Å². The summed E-state index contributed by atoms with van der Waals surface area (Å²) in [6, 6.07) is 9.98. The lowest BCUT2D eigenvalue weighted by Gasteiger charge is -2.13. The van der Waals surface area contributed by atoms with E-state index in [0.717, 1.165) is 0 Å². The fourth-order valence-electron chi connectivity index (χ4n) is 1.97. The summed E-state index contributed by atoms with van der Waals surface area (Å²) in [6.07, 6.45) is 0. The molecule has 0 saturated carbocycles. The molecule has 4 nitrogen and oxygen atoms in total. The van der Waals surface area contributed by atoms with Gasteiger partial charge in [-0.1, -0.05) is 18.2 Å². The molecule has 0 spiro atoms. The molecule has 5 heteroatoms. The third-order valence-electron chi connectivity index (χ3n) is 3.17. The zero-order chi connectivity index (χ0) is 14.9. The van der Waals surface area contributed by atoms with Gasteiger partial charge in [-0.15, -0.1) is 0 Å².